The number of anilines is 1. The predicted octanol–water partition coefficient (Wildman–Crippen LogP) is -0.442. The number of para-hydroxylation sites is 1. The normalized spacial score (nSPS) is 9.14. The molecule has 5 nitrogen and oxygen atoms in total. The highest BCUT2D eigenvalue weighted by atomic mass is 16.4. The largest absolute Gasteiger partial charge is 0.548 e. The Morgan fingerprint density at radius 3 is 2.43 bits per heavy atom. The smallest absolute Gasteiger partial charge is 0.319 e. The summed E-state index contributed by atoms with van der Waals surface area (Å²) >= 11 is 0. The highest BCUT2D eigenvalue weighted by molar-refractivity contribution is 5.90. The van der Waals surface area contributed by atoms with E-state index in [0.29, 0.717) is 5.69 Å². The van der Waals surface area contributed by atoms with Crippen molar-refractivity contribution in [1.82, 2.24) is 5.32 Å². The molecule has 1 aromatic rings. The van der Waals surface area contributed by atoms with Crippen molar-refractivity contribution in [3.05, 3.63) is 30.3 Å². The van der Waals surface area contributed by atoms with E-state index in [2.05, 4.69) is 10.6 Å². The summed E-state index contributed by atoms with van der Waals surface area (Å²) in [6.45, 7) is -0.501. The molecule has 14 heavy (non-hydrogen) atoms. The number of carbonyl (C=O) groups excluding carboxylic acids is 2. The zero-order valence-electron chi connectivity index (χ0n) is 7.32. The summed E-state index contributed by atoms with van der Waals surface area (Å²) in [5.41, 5.74) is 0.600. The monoisotopic (exact) mass is 193 g/mol. The van der Waals surface area contributed by atoms with Crippen LogP contribution in [0.25, 0.3) is 0 Å². The molecular weight excluding hydrogens is 184 g/mol. The molecular formula is C9H9N2O3-. The quantitative estimate of drug-likeness (QED) is 0.682. The topological polar surface area (TPSA) is 81.3 Å². The Morgan fingerprint density at radius 1 is 1.21 bits per heavy atom. The van der Waals surface area contributed by atoms with Gasteiger partial charge in [0.05, 0.1) is 12.5 Å². The van der Waals surface area contributed by atoms with Gasteiger partial charge in [0.25, 0.3) is 0 Å². The van der Waals surface area contributed by atoms with E-state index >= 15 is 0 Å². The van der Waals surface area contributed by atoms with Gasteiger partial charge < -0.3 is 20.5 Å². The molecule has 74 valence electrons. The average molecular weight is 193 g/mol. The summed E-state index contributed by atoms with van der Waals surface area (Å²) in [7, 11) is 0. The Labute approximate surface area is 80.7 Å². The van der Waals surface area contributed by atoms with Crippen molar-refractivity contribution in [2.24, 2.45) is 0 Å². The Hall–Kier alpha value is -2.04. The number of amides is 2. The average Bonchev–Trinajstić information content (AvgIpc) is 2.16. The van der Waals surface area contributed by atoms with Crippen molar-refractivity contribution in [3.63, 3.8) is 0 Å². The highest BCUT2D eigenvalue weighted by Crippen LogP contribution is 2.03. The van der Waals surface area contributed by atoms with Crippen LogP contribution in [0.3, 0.4) is 0 Å². The van der Waals surface area contributed by atoms with Gasteiger partial charge in [0.15, 0.2) is 0 Å². The van der Waals surface area contributed by atoms with Crippen LogP contribution in [-0.2, 0) is 4.79 Å². The molecule has 1 aromatic carbocycles. The summed E-state index contributed by atoms with van der Waals surface area (Å²) in [5, 5.41) is 14.6. The van der Waals surface area contributed by atoms with Crippen LogP contribution in [0.5, 0.6) is 0 Å². The zero-order valence-corrected chi connectivity index (χ0v) is 7.32. The predicted molar refractivity (Wildman–Crippen MR) is 48.5 cm³/mol. The second kappa shape index (κ2) is 4.86. The van der Waals surface area contributed by atoms with Gasteiger partial charge in [0, 0.05) is 5.69 Å². The summed E-state index contributed by atoms with van der Waals surface area (Å²) in [6, 6.07) is 8.14. The molecule has 0 aliphatic rings. The van der Waals surface area contributed by atoms with E-state index in [1.807, 2.05) is 6.07 Å². The van der Waals surface area contributed by atoms with E-state index in [4.69, 9.17) is 0 Å². The fraction of sp³-hybridized carbons (Fsp3) is 0.111. The minimum Gasteiger partial charge on any atom is -0.548 e. The molecule has 0 aliphatic carbocycles. The maximum atomic E-state index is 11.0. The molecule has 0 heterocycles. The number of nitrogens with one attached hydrogen (secondary N) is 2. The third-order valence-corrected chi connectivity index (χ3v) is 1.42. The number of carboxylic acids is 1. The molecule has 2 amide bonds. The van der Waals surface area contributed by atoms with E-state index in [1.54, 1.807) is 24.3 Å². The number of hydrogen-bond donors (Lipinski definition) is 2. The van der Waals surface area contributed by atoms with Gasteiger partial charge in [-0.05, 0) is 12.1 Å². The van der Waals surface area contributed by atoms with Gasteiger partial charge in [-0.2, -0.15) is 0 Å². The number of hydrogen-bond acceptors (Lipinski definition) is 3. The SMILES string of the molecule is O=C([O-])CNC(=O)Nc1ccccc1. The van der Waals surface area contributed by atoms with Crippen LogP contribution < -0.4 is 15.7 Å². The third kappa shape index (κ3) is 3.57. The Balaban J connectivity index is 2.38. The molecule has 5 heteroatoms. The molecule has 0 saturated carbocycles. The summed E-state index contributed by atoms with van der Waals surface area (Å²) in [4.78, 5) is 21.0. The molecule has 0 aliphatic heterocycles. The standard InChI is InChI=1S/C9H10N2O3/c12-8(13)6-10-9(14)11-7-4-2-1-3-5-7/h1-5H,6H2,(H,12,13)(H2,10,11,14)/p-1. The van der Waals surface area contributed by atoms with Gasteiger partial charge in [-0.3, -0.25) is 0 Å². The lowest BCUT2D eigenvalue weighted by Gasteiger charge is -2.07. The molecule has 2 N–H and O–H groups in total. The van der Waals surface area contributed by atoms with Crippen LogP contribution >= 0.6 is 0 Å². The van der Waals surface area contributed by atoms with Gasteiger partial charge in [0.1, 0.15) is 0 Å². The second-order valence-corrected chi connectivity index (χ2v) is 2.55. The lowest BCUT2D eigenvalue weighted by atomic mass is 10.3. The Bertz CT molecular complexity index is 324. The minimum absolute atomic E-state index is 0.501. The van der Waals surface area contributed by atoms with Gasteiger partial charge in [0.2, 0.25) is 0 Å². The molecule has 0 radical (unpaired) electrons. The molecule has 0 aromatic heterocycles. The molecule has 0 spiro atoms. The third-order valence-electron chi connectivity index (χ3n) is 1.42. The number of urea groups is 1. The molecule has 0 unspecified atom stereocenters. The van der Waals surface area contributed by atoms with Crippen LogP contribution in [0.2, 0.25) is 0 Å². The van der Waals surface area contributed by atoms with Crippen molar-refractivity contribution < 1.29 is 14.7 Å². The first-order valence-corrected chi connectivity index (χ1v) is 3.98. The highest BCUT2D eigenvalue weighted by Gasteiger charge is 1.98. The lowest BCUT2D eigenvalue weighted by molar-refractivity contribution is -0.303. The number of carbonyl (C=O) groups is 2. The Morgan fingerprint density at radius 2 is 1.86 bits per heavy atom. The summed E-state index contributed by atoms with van der Waals surface area (Å²) in [5.74, 6) is -1.33. The fourth-order valence-corrected chi connectivity index (χ4v) is 0.849. The van der Waals surface area contributed by atoms with Gasteiger partial charge in [-0.15, -0.1) is 0 Å². The first-order valence-electron chi connectivity index (χ1n) is 3.98. The number of aliphatic carboxylic acids is 1. The number of benzene rings is 1. The van der Waals surface area contributed by atoms with Crippen LogP contribution in [-0.4, -0.2) is 18.5 Å². The van der Waals surface area contributed by atoms with E-state index in [-0.39, 0.29) is 0 Å². The molecule has 0 fully saturated rings. The molecule has 0 atom stereocenters. The van der Waals surface area contributed by atoms with Crippen molar-refractivity contribution in [3.8, 4) is 0 Å². The van der Waals surface area contributed by atoms with Gasteiger partial charge in [-0.1, -0.05) is 18.2 Å². The molecule has 0 bridgehead atoms. The van der Waals surface area contributed by atoms with E-state index < -0.39 is 18.5 Å². The maximum absolute atomic E-state index is 11.0. The number of carboxylic acid groups (broad SMARTS) is 1. The number of rotatable bonds is 3. The zero-order chi connectivity index (χ0) is 10.4. The first kappa shape index (κ1) is 10.0. The van der Waals surface area contributed by atoms with Gasteiger partial charge in [-0.25, -0.2) is 4.79 Å². The van der Waals surface area contributed by atoms with Crippen molar-refractivity contribution >= 4 is 17.7 Å². The van der Waals surface area contributed by atoms with E-state index in [9.17, 15) is 14.7 Å². The first-order chi connectivity index (χ1) is 6.68. The Kier molecular flexibility index (Phi) is 3.49. The molecule has 1 rings (SSSR count). The van der Waals surface area contributed by atoms with Gasteiger partial charge >= 0.3 is 6.03 Å². The van der Waals surface area contributed by atoms with Crippen LogP contribution in [0.4, 0.5) is 10.5 Å². The summed E-state index contributed by atoms with van der Waals surface area (Å²) < 4.78 is 0. The van der Waals surface area contributed by atoms with Crippen molar-refractivity contribution in [2.45, 2.75) is 0 Å². The van der Waals surface area contributed by atoms with Crippen LogP contribution in [0, 0.1) is 0 Å². The van der Waals surface area contributed by atoms with E-state index in [0.717, 1.165) is 0 Å². The van der Waals surface area contributed by atoms with Crippen LogP contribution in [0.15, 0.2) is 30.3 Å². The van der Waals surface area contributed by atoms with Crippen molar-refractivity contribution in [1.29, 1.82) is 0 Å². The molecule has 0 saturated heterocycles. The minimum atomic E-state index is -1.33. The lowest BCUT2D eigenvalue weighted by Crippen LogP contribution is -2.39. The van der Waals surface area contributed by atoms with Crippen molar-refractivity contribution in [2.75, 3.05) is 11.9 Å². The second-order valence-electron chi connectivity index (χ2n) is 2.55. The van der Waals surface area contributed by atoms with Crippen LogP contribution in [0.1, 0.15) is 0 Å². The maximum Gasteiger partial charge on any atom is 0.319 e. The summed E-state index contributed by atoms with van der Waals surface area (Å²) in [6.07, 6.45) is 0. The van der Waals surface area contributed by atoms with E-state index in [1.165, 1.54) is 0 Å². The fourth-order valence-electron chi connectivity index (χ4n) is 0.849.